The second kappa shape index (κ2) is 7.35. The van der Waals surface area contributed by atoms with Crippen LogP contribution in [0.2, 0.25) is 0 Å². The predicted molar refractivity (Wildman–Crippen MR) is 104 cm³/mol. The third-order valence-electron chi connectivity index (χ3n) is 4.85. The molecule has 2 aromatic rings. The lowest BCUT2D eigenvalue weighted by Crippen LogP contribution is -2.48. The fraction of sp³-hybridized carbons (Fsp3) is 0.381. The van der Waals surface area contributed by atoms with Gasteiger partial charge in [0, 0.05) is 13.1 Å². The number of nitrogens with zero attached hydrogens (tertiary/aromatic N) is 1. The van der Waals surface area contributed by atoms with E-state index in [-0.39, 0.29) is 12.5 Å². The van der Waals surface area contributed by atoms with Gasteiger partial charge < -0.3 is 9.64 Å². The lowest BCUT2D eigenvalue weighted by atomic mass is 10.1. The van der Waals surface area contributed by atoms with Crippen LogP contribution in [0.25, 0.3) is 0 Å². The minimum Gasteiger partial charge on any atom is -0.478 e. The van der Waals surface area contributed by atoms with E-state index >= 15 is 0 Å². The number of benzene rings is 2. The Balaban J connectivity index is 1.70. The number of carbonyl (C=O) groups excluding carboxylic acids is 1. The first-order valence-corrected chi connectivity index (χ1v) is 10.6. The molecule has 0 bridgehead atoms. The van der Waals surface area contributed by atoms with Gasteiger partial charge in [-0.15, -0.1) is 0 Å². The largest absolute Gasteiger partial charge is 0.478 e. The molecule has 3 rings (SSSR count). The molecule has 0 spiro atoms. The third-order valence-corrected chi connectivity index (χ3v) is 7.04. The zero-order valence-electron chi connectivity index (χ0n) is 15.9. The SMILES string of the molecule is Cc1ccc(OC(C)(C)C(=O)N2CCC(S(=O)(=O)c3ccccc3)C2)cc1. The minimum atomic E-state index is -3.45. The molecule has 0 radical (unpaired) electrons. The van der Waals surface area contributed by atoms with E-state index in [0.717, 1.165) is 5.56 Å². The Kier molecular flexibility index (Phi) is 5.29. The first-order chi connectivity index (χ1) is 12.7. The zero-order valence-corrected chi connectivity index (χ0v) is 16.7. The molecular formula is C21H25NO4S. The number of sulfone groups is 1. The van der Waals surface area contributed by atoms with E-state index < -0.39 is 20.7 Å². The number of carbonyl (C=O) groups is 1. The Labute approximate surface area is 160 Å². The molecule has 1 aliphatic rings. The molecule has 1 aliphatic heterocycles. The van der Waals surface area contributed by atoms with Gasteiger partial charge in [-0.1, -0.05) is 35.9 Å². The first-order valence-electron chi connectivity index (χ1n) is 9.04. The molecule has 0 N–H and O–H groups in total. The Bertz CT molecular complexity index is 905. The van der Waals surface area contributed by atoms with Gasteiger partial charge in [-0.2, -0.15) is 0 Å². The molecule has 1 atom stereocenters. The highest BCUT2D eigenvalue weighted by molar-refractivity contribution is 7.92. The fourth-order valence-corrected chi connectivity index (χ4v) is 5.01. The number of hydrogen-bond acceptors (Lipinski definition) is 4. The molecule has 0 aromatic heterocycles. The number of aryl methyl sites for hydroxylation is 1. The van der Waals surface area contributed by atoms with Crippen LogP contribution in [0.3, 0.4) is 0 Å². The average Bonchev–Trinajstić information content (AvgIpc) is 3.14. The summed E-state index contributed by atoms with van der Waals surface area (Å²) in [4.78, 5) is 14.9. The quantitative estimate of drug-likeness (QED) is 0.790. The Morgan fingerprint density at radius 2 is 1.70 bits per heavy atom. The van der Waals surface area contributed by atoms with Crippen molar-refractivity contribution in [2.75, 3.05) is 13.1 Å². The van der Waals surface area contributed by atoms with Crippen LogP contribution in [-0.4, -0.2) is 43.2 Å². The topological polar surface area (TPSA) is 63.7 Å². The Morgan fingerprint density at radius 3 is 2.33 bits per heavy atom. The van der Waals surface area contributed by atoms with Crippen LogP contribution in [0, 0.1) is 6.92 Å². The second-order valence-corrected chi connectivity index (χ2v) is 9.67. The van der Waals surface area contributed by atoms with Gasteiger partial charge in [-0.05, 0) is 51.5 Å². The van der Waals surface area contributed by atoms with Crippen molar-refractivity contribution in [2.24, 2.45) is 0 Å². The van der Waals surface area contributed by atoms with Gasteiger partial charge in [-0.25, -0.2) is 8.42 Å². The summed E-state index contributed by atoms with van der Waals surface area (Å²) in [6.45, 7) is 6.02. The molecule has 0 saturated carbocycles. The maximum absolute atomic E-state index is 13.0. The van der Waals surface area contributed by atoms with Gasteiger partial charge in [0.15, 0.2) is 15.4 Å². The monoisotopic (exact) mass is 387 g/mol. The van der Waals surface area contributed by atoms with Gasteiger partial charge >= 0.3 is 0 Å². The van der Waals surface area contributed by atoms with Crippen LogP contribution >= 0.6 is 0 Å². The van der Waals surface area contributed by atoms with E-state index in [1.165, 1.54) is 0 Å². The molecule has 1 saturated heterocycles. The molecule has 1 unspecified atom stereocenters. The number of amides is 1. The molecule has 27 heavy (non-hydrogen) atoms. The average molecular weight is 388 g/mol. The van der Waals surface area contributed by atoms with Gasteiger partial charge in [-0.3, -0.25) is 4.79 Å². The number of hydrogen-bond donors (Lipinski definition) is 0. The summed E-state index contributed by atoms with van der Waals surface area (Å²) in [6, 6.07) is 15.9. The van der Waals surface area contributed by atoms with E-state index in [0.29, 0.717) is 23.6 Å². The maximum atomic E-state index is 13.0. The highest BCUT2D eigenvalue weighted by Crippen LogP contribution is 2.27. The summed E-state index contributed by atoms with van der Waals surface area (Å²) in [5.74, 6) is 0.417. The summed E-state index contributed by atoms with van der Waals surface area (Å²) in [6.07, 6.45) is 0.434. The summed E-state index contributed by atoms with van der Waals surface area (Å²) in [7, 11) is -3.45. The molecule has 6 heteroatoms. The van der Waals surface area contributed by atoms with Gasteiger partial charge in [0.05, 0.1) is 10.1 Å². The van der Waals surface area contributed by atoms with Gasteiger partial charge in [0.1, 0.15) is 5.75 Å². The van der Waals surface area contributed by atoms with E-state index in [1.807, 2.05) is 31.2 Å². The summed E-state index contributed by atoms with van der Waals surface area (Å²) < 4.78 is 31.5. The maximum Gasteiger partial charge on any atom is 0.266 e. The van der Waals surface area contributed by atoms with Crippen molar-refractivity contribution in [3.63, 3.8) is 0 Å². The van der Waals surface area contributed by atoms with E-state index in [1.54, 1.807) is 49.1 Å². The van der Waals surface area contributed by atoms with Crippen LogP contribution in [0.1, 0.15) is 25.8 Å². The van der Waals surface area contributed by atoms with Crippen molar-refractivity contribution in [2.45, 2.75) is 42.9 Å². The standard InChI is InChI=1S/C21H25NO4S/c1-16-9-11-17(12-10-16)26-21(2,3)20(23)22-14-13-19(15-22)27(24,25)18-7-5-4-6-8-18/h4-12,19H,13-15H2,1-3H3. The normalized spacial score (nSPS) is 17.7. The van der Waals surface area contributed by atoms with Crippen molar-refractivity contribution in [1.29, 1.82) is 0 Å². The Morgan fingerprint density at radius 1 is 1.07 bits per heavy atom. The summed E-state index contributed by atoms with van der Waals surface area (Å²) >= 11 is 0. The van der Waals surface area contributed by atoms with Crippen LogP contribution < -0.4 is 4.74 Å². The fourth-order valence-electron chi connectivity index (χ4n) is 3.29. The number of ether oxygens (including phenoxy) is 1. The molecule has 5 nitrogen and oxygen atoms in total. The van der Waals surface area contributed by atoms with Crippen molar-refractivity contribution < 1.29 is 17.9 Å². The second-order valence-electron chi connectivity index (χ2n) is 7.45. The van der Waals surface area contributed by atoms with Crippen molar-refractivity contribution in [3.05, 3.63) is 60.2 Å². The van der Waals surface area contributed by atoms with Gasteiger partial charge in [0.2, 0.25) is 0 Å². The number of likely N-dealkylation sites (tertiary alicyclic amines) is 1. The molecule has 1 heterocycles. The molecule has 2 aromatic carbocycles. The summed E-state index contributed by atoms with van der Waals surface area (Å²) in [5.41, 5.74) is 0.0423. The third kappa shape index (κ3) is 4.16. The van der Waals surface area contributed by atoms with Crippen LogP contribution in [0.15, 0.2) is 59.5 Å². The molecule has 1 fully saturated rings. The number of rotatable bonds is 5. The Hall–Kier alpha value is -2.34. The van der Waals surface area contributed by atoms with Crippen LogP contribution in [0.4, 0.5) is 0 Å². The minimum absolute atomic E-state index is 0.191. The predicted octanol–water partition coefficient (Wildman–Crippen LogP) is 3.23. The first kappa shape index (κ1) is 19.4. The van der Waals surface area contributed by atoms with E-state index in [4.69, 9.17) is 4.74 Å². The molecular weight excluding hydrogens is 362 g/mol. The van der Waals surface area contributed by atoms with Crippen molar-refractivity contribution >= 4 is 15.7 Å². The molecule has 144 valence electrons. The van der Waals surface area contributed by atoms with E-state index in [9.17, 15) is 13.2 Å². The highest BCUT2D eigenvalue weighted by Gasteiger charge is 2.41. The van der Waals surface area contributed by atoms with Crippen LogP contribution in [0.5, 0.6) is 5.75 Å². The smallest absolute Gasteiger partial charge is 0.266 e. The highest BCUT2D eigenvalue weighted by atomic mass is 32.2. The van der Waals surface area contributed by atoms with Gasteiger partial charge in [0.25, 0.3) is 5.91 Å². The van der Waals surface area contributed by atoms with Crippen LogP contribution in [-0.2, 0) is 14.6 Å². The lowest BCUT2D eigenvalue weighted by molar-refractivity contribution is -0.144. The lowest BCUT2D eigenvalue weighted by Gasteiger charge is -2.30. The summed E-state index contributed by atoms with van der Waals surface area (Å²) in [5, 5.41) is -0.584. The van der Waals surface area contributed by atoms with Crippen molar-refractivity contribution in [1.82, 2.24) is 4.90 Å². The van der Waals surface area contributed by atoms with Crippen molar-refractivity contribution in [3.8, 4) is 5.75 Å². The van der Waals surface area contributed by atoms with E-state index in [2.05, 4.69) is 0 Å². The molecule has 0 aliphatic carbocycles. The zero-order chi connectivity index (χ0) is 19.7. The molecule has 1 amide bonds.